The summed E-state index contributed by atoms with van der Waals surface area (Å²) in [7, 11) is 0. The molecule has 0 spiro atoms. The Morgan fingerprint density at radius 1 is 1.16 bits per heavy atom. The van der Waals surface area contributed by atoms with Crippen molar-refractivity contribution in [2.24, 2.45) is 5.92 Å². The number of hydrogen-bond acceptors (Lipinski definition) is 5. The summed E-state index contributed by atoms with van der Waals surface area (Å²) in [6.45, 7) is 10.1. The molecular weight excluding hydrogens is 414 g/mol. The molecule has 162 valence electrons. The van der Waals surface area contributed by atoms with Crippen LogP contribution in [0.5, 0.6) is 0 Å². The number of nitrogens with zero attached hydrogens (tertiary/aromatic N) is 4. The Hall–Kier alpha value is -3.20. The molecule has 0 saturated carbocycles. The summed E-state index contributed by atoms with van der Waals surface area (Å²) < 4.78 is 4.57. The van der Waals surface area contributed by atoms with E-state index in [1.165, 1.54) is 20.3 Å². The van der Waals surface area contributed by atoms with Gasteiger partial charge in [0.2, 0.25) is 11.7 Å². The largest absolute Gasteiger partial charge is 0.352 e. The van der Waals surface area contributed by atoms with Crippen molar-refractivity contribution >= 4 is 38.9 Å². The van der Waals surface area contributed by atoms with E-state index >= 15 is 0 Å². The quantitative estimate of drug-likeness (QED) is 0.517. The number of hydrogen-bond donors (Lipinski definition) is 1. The third kappa shape index (κ3) is 3.69. The van der Waals surface area contributed by atoms with Crippen LogP contribution in [0.3, 0.4) is 0 Å². The van der Waals surface area contributed by atoms with Gasteiger partial charge in [0.1, 0.15) is 11.2 Å². The molecule has 3 aromatic heterocycles. The molecule has 1 amide bonds. The topological polar surface area (TPSA) is 90.4 Å². The molecule has 0 bridgehead atoms. The maximum Gasteiger partial charge on any atom is 0.352 e. The fourth-order valence-corrected chi connectivity index (χ4v) is 4.78. The Balaban J connectivity index is 1.77. The number of nitrogens with one attached hydrogen (secondary N) is 1. The second-order valence-corrected chi connectivity index (χ2v) is 9.26. The zero-order valence-corrected chi connectivity index (χ0v) is 19.0. The first-order valence-electron chi connectivity index (χ1n) is 10.1. The van der Waals surface area contributed by atoms with E-state index in [2.05, 4.69) is 10.4 Å². The van der Waals surface area contributed by atoms with Gasteiger partial charge in [-0.15, -0.1) is 16.4 Å². The van der Waals surface area contributed by atoms with Gasteiger partial charge in [0.15, 0.2) is 0 Å². The standard InChI is InChI=1S/C22H25N5O3S/c1-12(2)10-25-20(29)19-16(6-7-31-19)27-21(25)24-26(22(27)30)11-17(28)23-18-14(4)8-13(3)9-15(18)5/h6-9,12H,10-11H2,1-5H3,(H,23,28). The molecule has 3 heterocycles. The number of benzene rings is 1. The van der Waals surface area contributed by atoms with Crippen molar-refractivity contribution < 1.29 is 4.79 Å². The van der Waals surface area contributed by atoms with Crippen molar-refractivity contribution in [1.29, 1.82) is 0 Å². The third-order valence-corrected chi connectivity index (χ3v) is 6.06. The van der Waals surface area contributed by atoms with Crippen LogP contribution in [-0.4, -0.2) is 24.7 Å². The van der Waals surface area contributed by atoms with Gasteiger partial charge in [0, 0.05) is 12.2 Å². The van der Waals surface area contributed by atoms with Gasteiger partial charge in [0.25, 0.3) is 5.56 Å². The number of amides is 1. The Bertz CT molecular complexity index is 1410. The van der Waals surface area contributed by atoms with Gasteiger partial charge in [-0.1, -0.05) is 31.5 Å². The van der Waals surface area contributed by atoms with Crippen molar-refractivity contribution in [2.75, 3.05) is 5.32 Å². The van der Waals surface area contributed by atoms with E-state index in [4.69, 9.17) is 0 Å². The highest BCUT2D eigenvalue weighted by Gasteiger charge is 2.20. The molecule has 0 atom stereocenters. The SMILES string of the molecule is Cc1cc(C)c(NC(=O)Cn2nc3n(CC(C)C)c(=O)c4sccc4n3c2=O)c(C)c1. The fourth-order valence-electron chi connectivity index (χ4n) is 3.96. The Morgan fingerprint density at radius 3 is 2.48 bits per heavy atom. The predicted molar refractivity (Wildman–Crippen MR) is 123 cm³/mol. The van der Waals surface area contributed by atoms with Crippen LogP contribution in [0.4, 0.5) is 5.69 Å². The van der Waals surface area contributed by atoms with Crippen molar-refractivity contribution in [1.82, 2.24) is 18.7 Å². The lowest BCUT2D eigenvalue weighted by molar-refractivity contribution is -0.117. The molecule has 0 saturated heterocycles. The molecule has 0 fully saturated rings. The van der Waals surface area contributed by atoms with Gasteiger partial charge in [-0.05, 0) is 49.3 Å². The van der Waals surface area contributed by atoms with Crippen molar-refractivity contribution in [3.05, 3.63) is 61.1 Å². The van der Waals surface area contributed by atoms with Crippen LogP contribution in [0.15, 0.2) is 33.2 Å². The number of thiophene rings is 1. The van der Waals surface area contributed by atoms with E-state index in [-0.39, 0.29) is 29.7 Å². The highest BCUT2D eigenvalue weighted by Crippen LogP contribution is 2.22. The van der Waals surface area contributed by atoms with Crippen LogP contribution < -0.4 is 16.6 Å². The van der Waals surface area contributed by atoms with Gasteiger partial charge in [-0.3, -0.25) is 14.2 Å². The minimum Gasteiger partial charge on any atom is -0.324 e. The maximum atomic E-state index is 13.1. The third-order valence-electron chi connectivity index (χ3n) is 5.17. The molecule has 31 heavy (non-hydrogen) atoms. The summed E-state index contributed by atoms with van der Waals surface area (Å²) in [5.74, 6) is 0.0972. The number of carbonyl (C=O) groups is 1. The Morgan fingerprint density at radius 2 is 1.84 bits per heavy atom. The zero-order valence-electron chi connectivity index (χ0n) is 18.2. The summed E-state index contributed by atoms with van der Waals surface area (Å²) in [4.78, 5) is 38.8. The van der Waals surface area contributed by atoms with E-state index in [1.54, 1.807) is 11.4 Å². The van der Waals surface area contributed by atoms with Gasteiger partial charge in [-0.25, -0.2) is 13.9 Å². The van der Waals surface area contributed by atoms with Gasteiger partial charge in [0.05, 0.1) is 5.52 Å². The molecule has 1 N–H and O–H groups in total. The minimum absolute atomic E-state index is 0.168. The van der Waals surface area contributed by atoms with Gasteiger partial charge >= 0.3 is 5.69 Å². The second-order valence-electron chi connectivity index (χ2n) is 8.34. The summed E-state index contributed by atoms with van der Waals surface area (Å²) in [5, 5.41) is 9.05. The number of anilines is 1. The van der Waals surface area contributed by atoms with Crippen LogP contribution in [-0.2, 0) is 17.9 Å². The normalized spacial score (nSPS) is 11.7. The van der Waals surface area contributed by atoms with E-state index in [1.807, 2.05) is 46.8 Å². The van der Waals surface area contributed by atoms with Gasteiger partial charge in [-0.2, -0.15) is 0 Å². The molecule has 8 nitrogen and oxygen atoms in total. The molecule has 0 aliphatic carbocycles. The average molecular weight is 440 g/mol. The fraction of sp³-hybridized carbons (Fsp3) is 0.364. The van der Waals surface area contributed by atoms with Crippen LogP contribution in [0.1, 0.15) is 30.5 Å². The molecular formula is C22H25N5O3S. The van der Waals surface area contributed by atoms with Crippen molar-refractivity contribution in [2.45, 2.75) is 47.7 Å². The smallest absolute Gasteiger partial charge is 0.324 e. The molecule has 1 aromatic carbocycles. The first-order chi connectivity index (χ1) is 14.7. The first-order valence-corrected chi connectivity index (χ1v) is 11.0. The van der Waals surface area contributed by atoms with Crippen molar-refractivity contribution in [3.63, 3.8) is 0 Å². The molecule has 0 aliphatic heterocycles. The summed E-state index contributed by atoms with van der Waals surface area (Å²) in [6.07, 6.45) is 0. The van der Waals surface area contributed by atoms with E-state index in [0.29, 0.717) is 16.8 Å². The highest BCUT2D eigenvalue weighted by molar-refractivity contribution is 7.17. The molecule has 0 unspecified atom stereocenters. The number of fused-ring (bicyclic) bond motifs is 3. The van der Waals surface area contributed by atoms with Gasteiger partial charge < -0.3 is 5.32 Å². The minimum atomic E-state index is -0.441. The number of rotatable bonds is 5. The van der Waals surface area contributed by atoms with Crippen LogP contribution in [0.25, 0.3) is 16.0 Å². The summed E-state index contributed by atoms with van der Waals surface area (Å²) in [6, 6.07) is 5.73. The molecule has 9 heteroatoms. The number of aromatic nitrogens is 4. The second kappa shape index (κ2) is 7.81. The summed E-state index contributed by atoms with van der Waals surface area (Å²) >= 11 is 1.30. The van der Waals surface area contributed by atoms with E-state index in [9.17, 15) is 14.4 Å². The zero-order chi connectivity index (χ0) is 22.4. The first kappa shape index (κ1) is 21.0. The molecule has 0 radical (unpaired) electrons. The van der Waals surface area contributed by atoms with Crippen LogP contribution in [0, 0.1) is 26.7 Å². The van der Waals surface area contributed by atoms with E-state index in [0.717, 1.165) is 27.1 Å². The lowest BCUT2D eigenvalue weighted by Gasteiger charge is -2.12. The number of carbonyl (C=O) groups excluding carboxylic acids is 1. The Kier molecular flexibility index (Phi) is 5.30. The monoisotopic (exact) mass is 439 g/mol. The highest BCUT2D eigenvalue weighted by atomic mass is 32.1. The van der Waals surface area contributed by atoms with Crippen LogP contribution in [0.2, 0.25) is 0 Å². The number of aryl methyl sites for hydroxylation is 3. The predicted octanol–water partition coefficient (Wildman–Crippen LogP) is 3.09. The molecule has 0 aliphatic rings. The maximum absolute atomic E-state index is 13.1. The molecule has 4 rings (SSSR count). The Labute approximate surface area is 182 Å². The van der Waals surface area contributed by atoms with Crippen LogP contribution >= 0.6 is 11.3 Å². The molecule has 4 aromatic rings. The summed E-state index contributed by atoms with van der Waals surface area (Å²) in [5.41, 5.74) is 3.68. The van der Waals surface area contributed by atoms with E-state index < -0.39 is 5.69 Å². The lowest BCUT2D eigenvalue weighted by atomic mass is 10.1. The average Bonchev–Trinajstić information content (AvgIpc) is 3.27. The van der Waals surface area contributed by atoms with Crippen molar-refractivity contribution in [3.8, 4) is 0 Å². The lowest BCUT2D eigenvalue weighted by Crippen LogP contribution is -2.29.